The van der Waals surface area contributed by atoms with E-state index in [0.717, 1.165) is 35.8 Å². The Kier molecular flexibility index (Phi) is 4.51. The molecular formula is C19H19ClN2O3. The Hall–Kier alpha value is -2.24. The zero-order valence-corrected chi connectivity index (χ0v) is 14.5. The summed E-state index contributed by atoms with van der Waals surface area (Å²) in [7, 11) is 0. The SMILES string of the molecule is O=C(Nc1ccccc1N1CCOCC1)[C@H]1Cc2cc(Cl)ccc2O1. The van der Waals surface area contributed by atoms with Crippen molar-refractivity contribution in [3.8, 4) is 5.75 Å². The molecule has 25 heavy (non-hydrogen) atoms. The first-order valence-electron chi connectivity index (χ1n) is 8.38. The summed E-state index contributed by atoms with van der Waals surface area (Å²) in [5.74, 6) is 0.582. The van der Waals surface area contributed by atoms with Gasteiger partial charge in [-0.1, -0.05) is 23.7 Å². The first kappa shape index (κ1) is 16.2. The number of anilines is 2. The van der Waals surface area contributed by atoms with E-state index in [-0.39, 0.29) is 5.91 Å². The van der Waals surface area contributed by atoms with Crippen molar-refractivity contribution in [2.45, 2.75) is 12.5 Å². The molecule has 0 aromatic heterocycles. The highest BCUT2D eigenvalue weighted by Gasteiger charge is 2.30. The number of benzene rings is 2. The van der Waals surface area contributed by atoms with Crippen LogP contribution in [0.5, 0.6) is 5.75 Å². The zero-order valence-electron chi connectivity index (χ0n) is 13.7. The standard InChI is InChI=1S/C19H19ClN2O3/c20-14-5-6-17-13(11-14)12-18(25-17)19(23)21-15-3-1-2-4-16(15)22-7-9-24-10-8-22/h1-6,11,18H,7-10,12H2,(H,21,23)/t18-/m1/s1. The number of carbonyl (C=O) groups excluding carboxylic acids is 1. The van der Waals surface area contributed by atoms with Crippen molar-refractivity contribution in [2.24, 2.45) is 0 Å². The maximum absolute atomic E-state index is 12.7. The quantitative estimate of drug-likeness (QED) is 0.916. The topological polar surface area (TPSA) is 50.8 Å². The number of fused-ring (bicyclic) bond motifs is 1. The molecule has 1 fully saturated rings. The number of rotatable bonds is 3. The minimum absolute atomic E-state index is 0.145. The molecule has 0 radical (unpaired) electrons. The van der Waals surface area contributed by atoms with Crippen molar-refractivity contribution in [3.05, 3.63) is 53.1 Å². The molecule has 2 aromatic rings. The fraction of sp³-hybridized carbons (Fsp3) is 0.316. The summed E-state index contributed by atoms with van der Waals surface area (Å²) in [4.78, 5) is 14.9. The Morgan fingerprint density at radius 2 is 1.96 bits per heavy atom. The van der Waals surface area contributed by atoms with E-state index in [1.54, 1.807) is 6.07 Å². The van der Waals surface area contributed by atoms with Gasteiger partial charge in [0.1, 0.15) is 5.75 Å². The van der Waals surface area contributed by atoms with Gasteiger partial charge in [-0.15, -0.1) is 0 Å². The van der Waals surface area contributed by atoms with Crippen LogP contribution in [0.3, 0.4) is 0 Å². The second-order valence-corrected chi connectivity index (χ2v) is 6.60. The molecule has 2 aliphatic heterocycles. The Bertz CT molecular complexity index is 790. The predicted octanol–water partition coefficient (Wildman–Crippen LogP) is 3.12. The number of hydrogen-bond donors (Lipinski definition) is 1. The Labute approximate surface area is 151 Å². The summed E-state index contributed by atoms with van der Waals surface area (Å²) in [6, 6.07) is 13.3. The van der Waals surface area contributed by atoms with Crippen molar-refractivity contribution < 1.29 is 14.3 Å². The molecule has 1 amide bonds. The van der Waals surface area contributed by atoms with Gasteiger partial charge in [0, 0.05) is 24.5 Å². The molecule has 0 saturated carbocycles. The van der Waals surface area contributed by atoms with Crippen LogP contribution >= 0.6 is 11.6 Å². The number of morpholine rings is 1. The van der Waals surface area contributed by atoms with Gasteiger partial charge >= 0.3 is 0 Å². The lowest BCUT2D eigenvalue weighted by Gasteiger charge is -2.30. The van der Waals surface area contributed by atoms with Crippen molar-refractivity contribution in [3.63, 3.8) is 0 Å². The van der Waals surface area contributed by atoms with Gasteiger partial charge < -0.3 is 19.7 Å². The number of nitrogens with zero attached hydrogens (tertiary/aromatic N) is 1. The van der Waals surface area contributed by atoms with Crippen molar-refractivity contribution >= 4 is 28.9 Å². The largest absolute Gasteiger partial charge is 0.480 e. The molecule has 4 rings (SSSR count). The van der Waals surface area contributed by atoms with Crippen LogP contribution in [0.2, 0.25) is 5.02 Å². The molecule has 6 heteroatoms. The summed E-state index contributed by atoms with van der Waals surface area (Å²) in [6.45, 7) is 3.03. The number of nitrogens with one attached hydrogen (secondary N) is 1. The fourth-order valence-corrected chi connectivity index (χ4v) is 3.43. The van der Waals surface area contributed by atoms with Crippen LogP contribution in [0.15, 0.2) is 42.5 Å². The molecule has 0 unspecified atom stereocenters. The van der Waals surface area contributed by atoms with E-state index in [1.807, 2.05) is 36.4 Å². The molecule has 0 aliphatic carbocycles. The first-order chi connectivity index (χ1) is 12.2. The summed E-state index contributed by atoms with van der Waals surface area (Å²) in [6.07, 6.45) is -0.00670. The Balaban J connectivity index is 1.49. The van der Waals surface area contributed by atoms with Gasteiger partial charge in [-0.3, -0.25) is 4.79 Å². The second kappa shape index (κ2) is 6.94. The first-order valence-corrected chi connectivity index (χ1v) is 8.76. The summed E-state index contributed by atoms with van der Waals surface area (Å²) in [5.41, 5.74) is 2.78. The lowest BCUT2D eigenvalue weighted by Crippen LogP contribution is -2.37. The molecule has 130 valence electrons. The van der Waals surface area contributed by atoms with Gasteiger partial charge in [-0.05, 0) is 35.9 Å². The highest BCUT2D eigenvalue weighted by atomic mass is 35.5. The average Bonchev–Trinajstić information content (AvgIpc) is 3.06. The third-order valence-electron chi connectivity index (χ3n) is 4.50. The van der Waals surface area contributed by atoms with Gasteiger partial charge in [0.15, 0.2) is 6.10 Å². The monoisotopic (exact) mass is 358 g/mol. The molecule has 0 bridgehead atoms. The number of para-hydroxylation sites is 2. The molecule has 1 N–H and O–H groups in total. The van der Waals surface area contributed by atoms with E-state index in [9.17, 15) is 4.79 Å². The van der Waals surface area contributed by atoms with E-state index in [0.29, 0.717) is 24.7 Å². The number of hydrogen-bond acceptors (Lipinski definition) is 4. The normalized spacial score (nSPS) is 19.2. The van der Waals surface area contributed by atoms with Crippen molar-refractivity contribution in [1.82, 2.24) is 0 Å². The van der Waals surface area contributed by atoms with Gasteiger partial charge in [0.25, 0.3) is 5.91 Å². The number of halogens is 1. The smallest absolute Gasteiger partial charge is 0.265 e. The van der Waals surface area contributed by atoms with Crippen LogP contribution in [-0.2, 0) is 16.0 Å². The highest BCUT2D eigenvalue weighted by molar-refractivity contribution is 6.30. The average molecular weight is 359 g/mol. The molecule has 1 atom stereocenters. The Morgan fingerprint density at radius 1 is 1.16 bits per heavy atom. The van der Waals surface area contributed by atoms with Crippen LogP contribution in [0.4, 0.5) is 11.4 Å². The van der Waals surface area contributed by atoms with Gasteiger partial charge in [-0.25, -0.2) is 0 Å². The minimum Gasteiger partial charge on any atom is -0.480 e. The summed E-state index contributed by atoms with van der Waals surface area (Å²) < 4.78 is 11.2. The molecule has 1 saturated heterocycles. The van der Waals surface area contributed by atoms with Crippen LogP contribution in [0.25, 0.3) is 0 Å². The van der Waals surface area contributed by atoms with Crippen LogP contribution < -0.4 is 15.0 Å². The number of ether oxygens (including phenoxy) is 2. The fourth-order valence-electron chi connectivity index (χ4n) is 3.24. The summed E-state index contributed by atoms with van der Waals surface area (Å²) in [5, 5.41) is 3.67. The summed E-state index contributed by atoms with van der Waals surface area (Å²) >= 11 is 6.02. The van der Waals surface area contributed by atoms with Crippen LogP contribution in [-0.4, -0.2) is 38.3 Å². The van der Waals surface area contributed by atoms with E-state index in [1.165, 1.54) is 0 Å². The van der Waals surface area contributed by atoms with Crippen molar-refractivity contribution in [2.75, 3.05) is 36.5 Å². The van der Waals surface area contributed by atoms with Crippen LogP contribution in [0.1, 0.15) is 5.56 Å². The highest BCUT2D eigenvalue weighted by Crippen LogP contribution is 2.32. The van der Waals surface area contributed by atoms with E-state index >= 15 is 0 Å². The number of amides is 1. The van der Waals surface area contributed by atoms with E-state index < -0.39 is 6.10 Å². The molecular weight excluding hydrogens is 340 g/mol. The third kappa shape index (κ3) is 3.43. The molecule has 2 heterocycles. The molecule has 2 aliphatic rings. The maximum Gasteiger partial charge on any atom is 0.265 e. The predicted molar refractivity (Wildman–Crippen MR) is 97.7 cm³/mol. The lowest BCUT2D eigenvalue weighted by atomic mass is 10.1. The molecule has 5 nitrogen and oxygen atoms in total. The van der Waals surface area contributed by atoms with Gasteiger partial charge in [0.05, 0.1) is 24.6 Å². The molecule has 2 aromatic carbocycles. The van der Waals surface area contributed by atoms with Crippen molar-refractivity contribution in [1.29, 1.82) is 0 Å². The van der Waals surface area contributed by atoms with E-state index in [4.69, 9.17) is 21.1 Å². The van der Waals surface area contributed by atoms with E-state index in [2.05, 4.69) is 10.2 Å². The van der Waals surface area contributed by atoms with Crippen LogP contribution in [0, 0.1) is 0 Å². The number of carbonyl (C=O) groups is 1. The third-order valence-corrected chi connectivity index (χ3v) is 4.74. The lowest BCUT2D eigenvalue weighted by molar-refractivity contribution is -0.122. The van der Waals surface area contributed by atoms with Gasteiger partial charge in [0.2, 0.25) is 0 Å². The Morgan fingerprint density at radius 3 is 2.80 bits per heavy atom. The van der Waals surface area contributed by atoms with Gasteiger partial charge in [-0.2, -0.15) is 0 Å². The zero-order chi connectivity index (χ0) is 17.2. The minimum atomic E-state index is -0.536. The maximum atomic E-state index is 12.7. The second-order valence-electron chi connectivity index (χ2n) is 6.17. The molecule has 0 spiro atoms.